The summed E-state index contributed by atoms with van der Waals surface area (Å²) in [5.41, 5.74) is 15.1. The predicted octanol–water partition coefficient (Wildman–Crippen LogP) is 1.75. The van der Waals surface area contributed by atoms with Gasteiger partial charge < -0.3 is 30.4 Å². The minimum absolute atomic E-state index is 0. The molecule has 10 nitrogen and oxygen atoms in total. The maximum absolute atomic E-state index is 12.1. The van der Waals surface area contributed by atoms with E-state index in [0.717, 1.165) is 32.9 Å². The molecule has 0 aliphatic carbocycles. The van der Waals surface area contributed by atoms with Crippen LogP contribution in [0.4, 0.5) is 0 Å². The first-order valence-corrected chi connectivity index (χ1v) is 10.5. The molecule has 2 atom stereocenters. The Labute approximate surface area is 203 Å². The molecule has 0 fully saturated rings. The van der Waals surface area contributed by atoms with Crippen molar-refractivity contribution < 1.29 is 30.0 Å². The minimum atomic E-state index is -1.22. The number of carbonyl (C=O) groups excluding carboxylic acids is 2. The Morgan fingerprint density at radius 3 is 1.53 bits per heavy atom. The van der Waals surface area contributed by atoms with Gasteiger partial charge in [-0.2, -0.15) is 0 Å². The molecule has 0 radical (unpaired) electrons. The molecular weight excluding hydrogens is 487 g/mol. The zero-order valence-corrected chi connectivity index (χ0v) is 19.2. The van der Waals surface area contributed by atoms with Gasteiger partial charge in [-0.25, -0.2) is 9.59 Å². The lowest BCUT2D eigenvalue weighted by atomic mass is 10.1. The van der Waals surface area contributed by atoms with Crippen LogP contribution in [-0.4, -0.2) is 45.3 Å². The summed E-state index contributed by atoms with van der Waals surface area (Å²) in [6.45, 7) is 0. The molecule has 0 bridgehead atoms. The van der Waals surface area contributed by atoms with Gasteiger partial charge in [-0.3, -0.25) is 11.5 Å². The van der Waals surface area contributed by atoms with Crippen molar-refractivity contribution >= 4 is 56.9 Å². The number of hydrogen-bond donors (Lipinski definition) is 4. The highest BCUT2D eigenvalue weighted by Crippen LogP contribution is 2.24. The van der Waals surface area contributed by atoms with E-state index in [9.17, 15) is 9.59 Å². The van der Waals surface area contributed by atoms with Crippen molar-refractivity contribution in [2.75, 3.05) is 0 Å². The molecular formula is C22H24Cl2N4O6. The molecule has 2 aromatic heterocycles. The normalized spacial score (nSPS) is 12.5. The average Bonchev–Trinajstić information content (AvgIpc) is 3.31. The van der Waals surface area contributed by atoms with E-state index < -0.39 is 24.4 Å². The van der Waals surface area contributed by atoms with Gasteiger partial charge in [0, 0.05) is 57.1 Å². The van der Waals surface area contributed by atoms with Crippen LogP contribution in [0.3, 0.4) is 0 Å². The molecule has 10 N–H and O–H groups in total. The SMILES string of the molecule is NC(Cc1c[nH]c2ccc(Cl)cc12)OC(=O)C(=O)OC(N)Cc1c[nH]c2ccc(Cl)cc12.O.O. The van der Waals surface area contributed by atoms with E-state index in [-0.39, 0.29) is 23.8 Å². The van der Waals surface area contributed by atoms with E-state index in [0.29, 0.717) is 10.0 Å². The summed E-state index contributed by atoms with van der Waals surface area (Å²) in [6.07, 6.45) is 1.75. The summed E-state index contributed by atoms with van der Waals surface area (Å²) in [6, 6.07) is 10.7. The summed E-state index contributed by atoms with van der Waals surface area (Å²) in [4.78, 5) is 30.4. The van der Waals surface area contributed by atoms with Crippen molar-refractivity contribution in [3.8, 4) is 0 Å². The van der Waals surface area contributed by atoms with Crippen LogP contribution in [0.25, 0.3) is 21.8 Å². The third-order valence-electron chi connectivity index (χ3n) is 4.98. The molecule has 182 valence electrons. The van der Waals surface area contributed by atoms with Gasteiger partial charge in [-0.05, 0) is 47.5 Å². The second kappa shape index (κ2) is 11.3. The highest BCUT2D eigenvalue weighted by atomic mass is 35.5. The molecule has 2 unspecified atom stereocenters. The number of ether oxygens (including phenoxy) is 2. The average molecular weight is 511 g/mol. The predicted molar refractivity (Wildman–Crippen MR) is 129 cm³/mol. The molecule has 2 aromatic carbocycles. The van der Waals surface area contributed by atoms with Crippen LogP contribution in [0.1, 0.15) is 11.1 Å². The van der Waals surface area contributed by atoms with Crippen LogP contribution in [-0.2, 0) is 31.9 Å². The zero-order chi connectivity index (χ0) is 22.8. The number of rotatable bonds is 6. The number of nitrogens with two attached hydrogens (primary N) is 2. The Kier molecular flexibility index (Phi) is 9.05. The number of esters is 2. The van der Waals surface area contributed by atoms with Gasteiger partial charge in [-0.15, -0.1) is 0 Å². The Morgan fingerprint density at radius 1 is 0.765 bits per heavy atom. The summed E-state index contributed by atoms with van der Waals surface area (Å²) in [5.74, 6) is -2.43. The largest absolute Gasteiger partial charge is 0.438 e. The molecule has 34 heavy (non-hydrogen) atoms. The van der Waals surface area contributed by atoms with Crippen molar-refractivity contribution in [1.29, 1.82) is 0 Å². The summed E-state index contributed by atoms with van der Waals surface area (Å²) < 4.78 is 10.0. The van der Waals surface area contributed by atoms with Crippen LogP contribution in [0.15, 0.2) is 48.8 Å². The van der Waals surface area contributed by atoms with E-state index in [1.807, 2.05) is 12.1 Å². The molecule has 0 saturated heterocycles. The third-order valence-corrected chi connectivity index (χ3v) is 5.45. The van der Waals surface area contributed by atoms with Gasteiger partial charge in [0.1, 0.15) is 0 Å². The Hall–Kier alpha value is -3.12. The standard InChI is InChI=1S/C22H20Cl2N4O4.2H2O/c23-13-1-3-17-15(7-13)11(9-27-17)5-19(25)31-21(29)22(30)32-20(26)6-12-10-28-18-4-2-14(24)8-16(12)18;;/h1-4,7-10,19-20,27-28H,5-6,25-26H2;2*1H2. The first-order valence-electron chi connectivity index (χ1n) is 9.74. The molecule has 0 saturated carbocycles. The van der Waals surface area contributed by atoms with E-state index in [2.05, 4.69) is 9.97 Å². The molecule has 12 heteroatoms. The van der Waals surface area contributed by atoms with Crippen LogP contribution in [0.5, 0.6) is 0 Å². The number of halogens is 2. The number of aromatic amines is 2. The van der Waals surface area contributed by atoms with E-state index >= 15 is 0 Å². The van der Waals surface area contributed by atoms with Gasteiger partial charge in [0.15, 0.2) is 12.5 Å². The fourth-order valence-electron chi connectivity index (χ4n) is 3.53. The fraction of sp³-hybridized carbons (Fsp3) is 0.182. The van der Waals surface area contributed by atoms with Crippen LogP contribution >= 0.6 is 23.2 Å². The number of carbonyl (C=O) groups is 2. The lowest BCUT2D eigenvalue weighted by molar-refractivity contribution is -0.173. The second-order valence-electron chi connectivity index (χ2n) is 7.30. The lowest BCUT2D eigenvalue weighted by Gasteiger charge is -2.15. The molecule has 4 aromatic rings. The van der Waals surface area contributed by atoms with Gasteiger partial charge in [0.25, 0.3) is 0 Å². The number of H-pyrrole nitrogens is 2. The highest BCUT2D eigenvalue weighted by Gasteiger charge is 2.24. The van der Waals surface area contributed by atoms with Crippen molar-refractivity contribution in [2.24, 2.45) is 11.5 Å². The van der Waals surface area contributed by atoms with Gasteiger partial charge in [0.05, 0.1) is 0 Å². The van der Waals surface area contributed by atoms with Crippen LogP contribution < -0.4 is 11.5 Å². The number of hydrogen-bond acceptors (Lipinski definition) is 6. The van der Waals surface area contributed by atoms with Gasteiger partial charge in [0.2, 0.25) is 0 Å². The highest BCUT2D eigenvalue weighted by molar-refractivity contribution is 6.31. The zero-order valence-electron chi connectivity index (χ0n) is 17.7. The number of nitrogens with one attached hydrogen (secondary N) is 2. The Balaban J connectivity index is 0.00000204. The van der Waals surface area contributed by atoms with Gasteiger partial charge >= 0.3 is 11.9 Å². The van der Waals surface area contributed by atoms with E-state index in [1.54, 1.807) is 36.7 Å². The Morgan fingerprint density at radius 2 is 1.15 bits per heavy atom. The van der Waals surface area contributed by atoms with Crippen LogP contribution in [0, 0.1) is 0 Å². The summed E-state index contributed by atoms with van der Waals surface area (Å²) in [7, 11) is 0. The van der Waals surface area contributed by atoms with Crippen molar-refractivity contribution in [1.82, 2.24) is 9.97 Å². The van der Waals surface area contributed by atoms with Crippen molar-refractivity contribution in [2.45, 2.75) is 25.3 Å². The van der Waals surface area contributed by atoms with Crippen molar-refractivity contribution in [3.05, 3.63) is 70.0 Å². The van der Waals surface area contributed by atoms with Gasteiger partial charge in [-0.1, -0.05) is 23.2 Å². The molecule has 0 spiro atoms. The summed E-state index contributed by atoms with van der Waals surface area (Å²) >= 11 is 12.1. The molecule has 0 aliphatic heterocycles. The number of aromatic nitrogens is 2. The maximum Gasteiger partial charge on any atom is 0.419 e. The van der Waals surface area contributed by atoms with Crippen molar-refractivity contribution in [3.63, 3.8) is 0 Å². The molecule has 2 heterocycles. The first-order chi connectivity index (χ1) is 15.3. The van der Waals surface area contributed by atoms with Crippen LogP contribution in [0.2, 0.25) is 10.0 Å². The molecule has 4 rings (SSSR count). The summed E-state index contributed by atoms with van der Waals surface area (Å²) in [5, 5.41) is 2.85. The first kappa shape index (κ1) is 27.1. The van der Waals surface area contributed by atoms with E-state index in [1.165, 1.54) is 0 Å². The number of benzene rings is 2. The molecule has 0 amide bonds. The quantitative estimate of drug-likeness (QED) is 0.173. The number of fused-ring (bicyclic) bond motifs is 2. The fourth-order valence-corrected chi connectivity index (χ4v) is 3.87. The second-order valence-corrected chi connectivity index (χ2v) is 8.18. The Bertz CT molecular complexity index is 1210. The lowest BCUT2D eigenvalue weighted by Crippen LogP contribution is -2.37. The maximum atomic E-state index is 12.1. The minimum Gasteiger partial charge on any atom is -0.438 e. The monoisotopic (exact) mass is 510 g/mol. The molecule has 0 aliphatic rings. The third kappa shape index (κ3) is 6.06. The smallest absolute Gasteiger partial charge is 0.419 e. The topological polar surface area (TPSA) is 199 Å². The van der Waals surface area contributed by atoms with E-state index in [4.69, 9.17) is 44.1 Å².